The van der Waals surface area contributed by atoms with Gasteiger partial charge in [0.1, 0.15) is 0 Å². The van der Waals surface area contributed by atoms with Crippen LogP contribution >= 0.6 is 15.9 Å². The molecule has 0 heterocycles. The molecular weight excluding hydrogens is 250 g/mol. The van der Waals surface area contributed by atoms with Gasteiger partial charge in [0.05, 0.1) is 11.4 Å². The number of halogens is 1. The number of rotatable bonds is 3. The van der Waals surface area contributed by atoms with E-state index in [-0.39, 0.29) is 0 Å². The first-order valence-electron chi connectivity index (χ1n) is 3.89. The van der Waals surface area contributed by atoms with Gasteiger partial charge in [-0.1, -0.05) is 28.1 Å². The molecule has 1 aromatic rings. The Balaban J connectivity index is 2.79. The second-order valence-electron chi connectivity index (χ2n) is 2.84. The first-order valence-corrected chi connectivity index (χ1v) is 6.12. The zero-order chi connectivity index (χ0) is 9.84. The van der Waals surface area contributed by atoms with Gasteiger partial charge in [-0.15, -0.1) is 4.31 Å². The predicted molar refractivity (Wildman–Crippen MR) is 59.2 cm³/mol. The van der Waals surface area contributed by atoms with E-state index >= 15 is 0 Å². The van der Waals surface area contributed by atoms with E-state index in [0.717, 1.165) is 10.2 Å². The molecule has 72 valence electrons. The van der Waals surface area contributed by atoms with E-state index in [1.54, 1.807) is 18.4 Å². The largest absolute Gasteiger partial charge is 0.593 e. The molecule has 0 spiro atoms. The Labute approximate surface area is 90.4 Å². The molecule has 1 unspecified atom stereocenters. The van der Waals surface area contributed by atoms with Crippen LogP contribution in [0.15, 0.2) is 29.2 Å². The fourth-order valence-corrected chi connectivity index (χ4v) is 2.07. The van der Waals surface area contributed by atoms with Gasteiger partial charge in [0.2, 0.25) is 0 Å². The third kappa shape index (κ3) is 2.98. The predicted octanol–water partition coefficient (Wildman–Crippen LogP) is 2.17. The van der Waals surface area contributed by atoms with Crippen LogP contribution in [0, 0.1) is 0 Å². The van der Waals surface area contributed by atoms with Crippen molar-refractivity contribution in [1.82, 2.24) is 4.31 Å². The highest BCUT2D eigenvalue weighted by molar-refractivity contribution is 9.08. The molecule has 0 aliphatic heterocycles. The van der Waals surface area contributed by atoms with E-state index in [2.05, 4.69) is 15.9 Å². The molecule has 0 N–H and O–H groups in total. The zero-order valence-corrected chi connectivity index (χ0v) is 10.1. The quantitative estimate of drug-likeness (QED) is 0.616. The summed E-state index contributed by atoms with van der Waals surface area (Å²) in [6, 6.07) is 7.75. The zero-order valence-electron chi connectivity index (χ0n) is 7.66. The molecule has 0 saturated heterocycles. The molecule has 0 bridgehead atoms. The van der Waals surface area contributed by atoms with Gasteiger partial charge in [0.15, 0.2) is 4.90 Å². The summed E-state index contributed by atoms with van der Waals surface area (Å²) in [6.07, 6.45) is 0. The normalized spacial score (nSPS) is 13.3. The van der Waals surface area contributed by atoms with Crippen LogP contribution < -0.4 is 0 Å². The topological polar surface area (TPSA) is 26.3 Å². The van der Waals surface area contributed by atoms with E-state index in [4.69, 9.17) is 0 Å². The van der Waals surface area contributed by atoms with Gasteiger partial charge in [-0.2, -0.15) is 0 Å². The van der Waals surface area contributed by atoms with Crippen molar-refractivity contribution in [3.8, 4) is 0 Å². The minimum absolute atomic E-state index is 0.835. The fraction of sp³-hybridized carbons (Fsp3) is 0.333. The van der Waals surface area contributed by atoms with Gasteiger partial charge in [-0.3, -0.25) is 0 Å². The summed E-state index contributed by atoms with van der Waals surface area (Å²) in [7, 11) is 3.60. The van der Waals surface area contributed by atoms with E-state index < -0.39 is 11.4 Å². The van der Waals surface area contributed by atoms with Crippen LogP contribution in [0.4, 0.5) is 0 Å². The summed E-state index contributed by atoms with van der Waals surface area (Å²) < 4.78 is 13.3. The molecule has 1 atom stereocenters. The Morgan fingerprint density at radius 3 is 2.23 bits per heavy atom. The summed E-state index contributed by atoms with van der Waals surface area (Å²) >= 11 is 2.33. The summed E-state index contributed by atoms with van der Waals surface area (Å²) in [4.78, 5) is 0.842. The molecule has 0 aliphatic rings. The highest BCUT2D eigenvalue weighted by Gasteiger charge is 2.13. The van der Waals surface area contributed by atoms with E-state index in [1.165, 1.54) is 5.56 Å². The highest BCUT2D eigenvalue weighted by atomic mass is 79.9. The second kappa shape index (κ2) is 5.00. The van der Waals surface area contributed by atoms with Gasteiger partial charge in [0, 0.05) is 19.4 Å². The van der Waals surface area contributed by atoms with Crippen LogP contribution in [-0.4, -0.2) is 23.0 Å². The van der Waals surface area contributed by atoms with Gasteiger partial charge >= 0.3 is 0 Å². The molecule has 0 aliphatic carbocycles. The Bertz CT molecular complexity index is 263. The second-order valence-corrected chi connectivity index (χ2v) is 5.10. The highest BCUT2D eigenvalue weighted by Crippen LogP contribution is 2.14. The van der Waals surface area contributed by atoms with Crippen molar-refractivity contribution in [1.29, 1.82) is 0 Å². The van der Waals surface area contributed by atoms with Crippen molar-refractivity contribution >= 4 is 27.3 Å². The van der Waals surface area contributed by atoms with Gasteiger partial charge < -0.3 is 4.55 Å². The van der Waals surface area contributed by atoms with Crippen LogP contribution in [0.1, 0.15) is 5.56 Å². The molecule has 1 rings (SSSR count). The summed E-state index contributed by atoms with van der Waals surface area (Å²) in [5, 5.41) is 0.835. The molecule has 0 aromatic heterocycles. The van der Waals surface area contributed by atoms with Crippen molar-refractivity contribution in [2.75, 3.05) is 14.1 Å². The summed E-state index contributed by atoms with van der Waals surface area (Å²) in [6.45, 7) is 0. The minimum Gasteiger partial charge on any atom is -0.593 e. The third-order valence-electron chi connectivity index (χ3n) is 1.61. The van der Waals surface area contributed by atoms with Crippen LogP contribution in [0.3, 0.4) is 0 Å². The Kier molecular flexibility index (Phi) is 4.25. The lowest BCUT2D eigenvalue weighted by atomic mass is 10.2. The Hall–Kier alpha value is -0.0300. The molecule has 4 heteroatoms. The maximum absolute atomic E-state index is 11.6. The average Bonchev–Trinajstić information content (AvgIpc) is 2.17. The summed E-state index contributed by atoms with van der Waals surface area (Å²) in [5.74, 6) is 0. The maximum atomic E-state index is 11.6. The number of benzene rings is 1. The molecular formula is C9H12BrNOS. The Morgan fingerprint density at radius 2 is 1.85 bits per heavy atom. The fourth-order valence-electron chi connectivity index (χ4n) is 0.906. The van der Waals surface area contributed by atoms with Crippen molar-refractivity contribution < 1.29 is 4.55 Å². The molecule has 1 aromatic carbocycles. The number of hydrogen-bond acceptors (Lipinski definition) is 2. The lowest BCUT2D eigenvalue weighted by molar-refractivity contribution is 0.520. The van der Waals surface area contributed by atoms with Crippen molar-refractivity contribution in [3.05, 3.63) is 29.8 Å². The molecule has 13 heavy (non-hydrogen) atoms. The lowest BCUT2D eigenvalue weighted by Gasteiger charge is -2.15. The Morgan fingerprint density at radius 1 is 1.31 bits per heavy atom. The monoisotopic (exact) mass is 261 g/mol. The van der Waals surface area contributed by atoms with Crippen LogP contribution in [-0.2, 0) is 16.7 Å². The number of hydrogen-bond donors (Lipinski definition) is 0. The van der Waals surface area contributed by atoms with Gasteiger partial charge in [-0.05, 0) is 17.7 Å². The van der Waals surface area contributed by atoms with Crippen molar-refractivity contribution in [2.24, 2.45) is 0 Å². The smallest absolute Gasteiger partial charge is 0.174 e. The van der Waals surface area contributed by atoms with E-state index in [0.29, 0.717) is 0 Å². The van der Waals surface area contributed by atoms with E-state index in [9.17, 15) is 4.55 Å². The molecule has 0 saturated carbocycles. The minimum atomic E-state index is -1.03. The van der Waals surface area contributed by atoms with Crippen molar-refractivity contribution in [3.63, 3.8) is 0 Å². The molecule has 0 radical (unpaired) electrons. The molecule has 0 amide bonds. The van der Waals surface area contributed by atoms with E-state index in [1.807, 2.05) is 24.3 Å². The maximum Gasteiger partial charge on any atom is 0.174 e. The summed E-state index contributed by atoms with van der Waals surface area (Å²) in [5.41, 5.74) is 1.19. The molecule has 2 nitrogen and oxygen atoms in total. The lowest BCUT2D eigenvalue weighted by Crippen LogP contribution is -2.22. The van der Waals surface area contributed by atoms with Gasteiger partial charge in [-0.25, -0.2) is 0 Å². The third-order valence-corrected chi connectivity index (χ3v) is 3.60. The van der Waals surface area contributed by atoms with Crippen LogP contribution in [0.25, 0.3) is 0 Å². The first-order chi connectivity index (χ1) is 6.15. The first kappa shape index (κ1) is 11.0. The SMILES string of the molecule is CN(C)[S+]([O-])c1ccc(CBr)cc1. The average molecular weight is 262 g/mol. The van der Waals surface area contributed by atoms with Gasteiger partial charge in [0.25, 0.3) is 0 Å². The standard InChI is InChI=1S/C9H12BrNOS/c1-11(2)13(12)9-5-3-8(7-10)4-6-9/h3-6H,7H2,1-2H3. The number of nitrogens with zero attached hydrogens (tertiary/aromatic N) is 1. The van der Waals surface area contributed by atoms with Crippen LogP contribution in [0.2, 0.25) is 0 Å². The van der Waals surface area contributed by atoms with Crippen molar-refractivity contribution in [2.45, 2.75) is 10.2 Å². The number of alkyl halides is 1. The van der Waals surface area contributed by atoms with Crippen LogP contribution in [0.5, 0.6) is 0 Å². The molecule has 0 fully saturated rings.